The van der Waals surface area contributed by atoms with Gasteiger partial charge < -0.3 is 4.74 Å². The Morgan fingerprint density at radius 3 is 2.67 bits per heavy atom. The number of ether oxygens (including phenoxy) is 1. The average Bonchev–Trinajstić information content (AvgIpc) is 2.26. The van der Waals surface area contributed by atoms with Crippen molar-refractivity contribution in [2.75, 3.05) is 6.61 Å². The molecule has 82 valence electrons. The number of hydrogen-bond donors (Lipinski definition) is 2. The van der Waals surface area contributed by atoms with Crippen LogP contribution in [0.5, 0.6) is 5.75 Å². The number of rotatable bonds is 5. The molecule has 1 aromatic rings. The average molecular weight is 208 g/mol. The van der Waals surface area contributed by atoms with Crippen LogP contribution in [0.3, 0.4) is 0 Å². The van der Waals surface area contributed by atoms with Gasteiger partial charge in [0, 0.05) is 6.42 Å². The molecule has 1 rings (SSSR count). The van der Waals surface area contributed by atoms with Crippen LogP contribution in [0.1, 0.15) is 18.4 Å². The molecule has 0 bridgehead atoms. The molecule has 0 saturated carbocycles. The summed E-state index contributed by atoms with van der Waals surface area (Å²) in [6, 6.07) is 7.81. The van der Waals surface area contributed by atoms with Gasteiger partial charge in [0.2, 0.25) is 5.91 Å². The van der Waals surface area contributed by atoms with Crippen LogP contribution in [-0.4, -0.2) is 12.5 Å². The molecule has 1 amide bonds. The van der Waals surface area contributed by atoms with Gasteiger partial charge in [-0.25, -0.2) is 5.84 Å². The van der Waals surface area contributed by atoms with E-state index in [1.165, 1.54) is 5.56 Å². The zero-order valence-electron chi connectivity index (χ0n) is 8.82. The van der Waals surface area contributed by atoms with Crippen molar-refractivity contribution in [2.45, 2.75) is 19.8 Å². The van der Waals surface area contributed by atoms with Crippen LogP contribution in [0, 0.1) is 6.92 Å². The molecule has 0 atom stereocenters. The second-order valence-electron chi connectivity index (χ2n) is 3.33. The van der Waals surface area contributed by atoms with Crippen LogP contribution in [0.4, 0.5) is 0 Å². The molecule has 3 N–H and O–H groups in total. The quantitative estimate of drug-likeness (QED) is 0.330. The van der Waals surface area contributed by atoms with Gasteiger partial charge in [-0.15, -0.1) is 0 Å². The third-order valence-corrected chi connectivity index (χ3v) is 2.00. The topological polar surface area (TPSA) is 64.3 Å². The molecule has 0 heterocycles. The predicted octanol–water partition coefficient (Wildman–Crippen LogP) is 1.14. The Balaban J connectivity index is 2.20. The number of hydrogen-bond acceptors (Lipinski definition) is 3. The summed E-state index contributed by atoms with van der Waals surface area (Å²) in [6.07, 6.45) is 1.05. The summed E-state index contributed by atoms with van der Waals surface area (Å²) in [5.74, 6) is 5.60. The first kappa shape index (κ1) is 11.5. The van der Waals surface area contributed by atoms with Gasteiger partial charge in [0.15, 0.2) is 0 Å². The molecule has 0 aliphatic carbocycles. The summed E-state index contributed by atoms with van der Waals surface area (Å²) in [4.78, 5) is 10.8. The van der Waals surface area contributed by atoms with Crippen LogP contribution in [-0.2, 0) is 4.79 Å². The Morgan fingerprint density at radius 2 is 2.07 bits per heavy atom. The normalized spacial score (nSPS) is 9.73. The fourth-order valence-electron chi connectivity index (χ4n) is 1.13. The number of carbonyl (C=O) groups excluding carboxylic acids is 1. The molecule has 0 fully saturated rings. The van der Waals surface area contributed by atoms with Gasteiger partial charge in [-0.2, -0.15) is 0 Å². The highest BCUT2D eigenvalue weighted by Crippen LogP contribution is 2.11. The SMILES string of the molecule is Cc1ccc(OCCCC(=O)NN)cc1. The lowest BCUT2D eigenvalue weighted by atomic mass is 10.2. The molecular weight excluding hydrogens is 192 g/mol. The van der Waals surface area contributed by atoms with Crippen molar-refractivity contribution in [3.8, 4) is 5.75 Å². The van der Waals surface area contributed by atoms with E-state index < -0.39 is 0 Å². The van der Waals surface area contributed by atoms with E-state index in [4.69, 9.17) is 10.6 Å². The van der Waals surface area contributed by atoms with Gasteiger partial charge in [0.05, 0.1) is 6.61 Å². The van der Waals surface area contributed by atoms with E-state index in [0.29, 0.717) is 19.4 Å². The van der Waals surface area contributed by atoms with Crippen molar-refractivity contribution in [1.29, 1.82) is 0 Å². The lowest BCUT2D eigenvalue weighted by molar-refractivity contribution is -0.121. The maximum atomic E-state index is 10.8. The maximum absolute atomic E-state index is 10.8. The number of amides is 1. The zero-order chi connectivity index (χ0) is 11.1. The molecule has 1 aromatic carbocycles. The molecule has 0 spiro atoms. The van der Waals surface area contributed by atoms with Crippen molar-refractivity contribution in [2.24, 2.45) is 5.84 Å². The van der Waals surface area contributed by atoms with Crippen LogP contribution < -0.4 is 16.0 Å². The minimum absolute atomic E-state index is 0.164. The monoisotopic (exact) mass is 208 g/mol. The smallest absolute Gasteiger partial charge is 0.234 e. The van der Waals surface area contributed by atoms with E-state index in [2.05, 4.69) is 5.43 Å². The van der Waals surface area contributed by atoms with Crippen molar-refractivity contribution in [3.63, 3.8) is 0 Å². The summed E-state index contributed by atoms with van der Waals surface area (Å²) < 4.78 is 5.44. The predicted molar refractivity (Wildman–Crippen MR) is 58.2 cm³/mol. The standard InChI is InChI=1S/C11H16N2O2/c1-9-4-6-10(7-5-9)15-8-2-3-11(14)13-12/h4-7H,2-3,8,12H2,1H3,(H,13,14). The summed E-state index contributed by atoms with van der Waals surface area (Å²) >= 11 is 0. The Kier molecular flexibility index (Phi) is 4.63. The van der Waals surface area contributed by atoms with Crippen molar-refractivity contribution in [1.82, 2.24) is 5.43 Å². The Hall–Kier alpha value is -1.55. The van der Waals surface area contributed by atoms with Gasteiger partial charge in [-0.1, -0.05) is 17.7 Å². The van der Waals surface area contributed by atoms with Gasteiger partial charge in [-0.3, -0.25) is 10.2 Å². The van der Waals surface area contributed by atoms with E-state index in [1.54, 1.807) is 0 Å². The van der Waals surface area contributed by atoms with Gasteiger partial charge in [0.1, 0.15) is 5.75 Å². The number of benzene rings is 1. The van der Waals surface area contributed by atoms with Crippen LogP contribution >= 0.6 is 0 Å². The molecule has 0 saturated heterocycles. The highest BCUT2D eigenvalue weighted by molar-refractivity contribution is 5.75. The first-order valence-corrected chi connectivity index (χ1v) is 4.91. The number of hydrazine groups is 1. The molecule has 4 heteroatoms. The Bertz CT molecular complexity index is 309. The van der Waals surface area contributed by atoms with Gasteiger partial charge in [0.25, 0.3) is 0 Å². The van der Waals surface area contributed by atoms with Crippen LogP contribution in [0.25, 0.3) is 0 Å². The molecule has 0 aliphatic rings. The fourth-order valence-corrected chi connectivity index (χ4v) is 1.13. The van der Waals surface area contributed by atoms with Crippen molar-refractivity contribution in [3.05, 3.63) is 29.8 Å². The van der Waals surface area contributed by atoms with E-state index in [1.807, 2.05) is 31.2 Å². The molecule has 0 aromatic heterocycles. The Morgan fingerprint density at radius 1 is 1.40 bits per heavy atom. The highest BCUT2D eigenvalue weighted by atomic mass is 16.5. The lowest BCUT2D eigenvalue weighted by Crippen LogP contribution is -2.29. The Labute approximate surface area is 89.4 Å². The highest BCUT2D eigenvalue weighted by Gasteiger charge is 1.98. The molecule has 0 radical (unpaired) electrons. The number of carbonyl (C=O) groups is 1. The number of nitrogens with one attached hydrogen (secondary N) is 1. The van der Waals surface area contributed by atoms with E-state index in [-0.39, 0.29) is 5.91 Å². The van der Waals surface area contributed by atoms with Gasteiger partial charge >= 0.3 is 0 Å². The second kappa shape index (κ2) is 6.03. The summed E-state index contributed by atoms with van der Waals surface area (Å²) in [6.45, 7) is 2.55. The number of nitrogens with two attached hydrogens (primary N) is 1. The molecule has 0 aliphatic heterocycles. The summed E-state index contributed by atoms with van der Waals surface area (Å²) in [5.41, 5.74) is 3.28. The third-order valence-electron chi connectivity index (χ3n) is 2.00. The minimum atomic E-state index is -0.164. The summed E-state index contributed by atoms with van der Waals surface area (Å²) in [5, 5.41) is 0. The fraction of sp³-hybridized carbons (Fsp3) is 0.364. The largest absolute Gasteiger partial charge is 0.494 e. The van der Waals surface area contributed by atoms with E-state index in [9.17, 15) is 4.79 Å². The van der Waals surface area contributed by atoms with Crippen LogP contribution in [0.2, 0.25) is 0 Å². The lowest BCUT2D eigenvalue weighted by Gasteiger charge is -2.05. The van der Waals surface area contributed by atoms with Crippen molar-refractivity contribution >= 4 is 5.91 Å². The summed E-state index contributed by atoms with van der Waals surface area (Å²) in [7, 11) is 0. The first-order chi connectivity index (χ1) is 7.22. The van der Waals surface area contributed by atoms with Crippen molar-refractivity contribution < 1.29 is 9.53 Å². The van der Waals surface area contributed by atoms with Crippen LogP contribution in [0.15, 0.2) is 24.3 Å². The molecular formula is C11H16N2O2. The molecule has 4 nitrogen and oxygen atoms in total. The minimum Gasteiger partial charge on any atom is -0.494 e. The van der Waals surface area contributed by atoms with E-state index in [0.717, 1.165) is 5.75 Å². The first-order valence-electron chi connectivity index (χ1n) is 4.91. The third kappa shape index (κ3) is 4.46. The second-order valence-corrected chi connectivity index (χ2v) is 3.33. The van der Waals surface area contributed by atoms with Gasteiger partial charge in [-0.05, 0) is 25.5 Å². The molecule has 0 unspecified atom stereocenters. The van der Waals surface area contributed by atoms with E-state index >= 15 is 0 Å². The zero-order valence-corrected chi connectivity index (χ0v) is 8.82. The maximum Gasteiger partial charge on any atom is 0.234 e. The number of aryl methyl sites for hydroxylation is 1. The molecule has 15 heavy (non-hydrogen) atoms.